The van der Waals surface area contributed by atoms with E-state index in [-0.39, 0.29) is 11.5 Å². The summed E-state index contributed by atoms with van der Waals surface area (Å²) in [6.45, 7) is 5.34. The standard InChI is InChI=1S/C16H15FN2O2.C5H8N2/c1-10-4-3-5-13(15(10)17)21-14(6-7-18)16-11(2)12(9-20)8-19-16;1-7-3-5(2-6)4-7/h3-9,18-19H,1-2H3;5H,3-4H2,1H3/b14-6+,18-7?;. The van der Waals surface area contributed by atoms with Gasteiger partial charge in [0.15, 0.2) is 23.6 Å². The monoisotopic (exact) mass is 382 g/mol. The SMILES string of the molecule is CN1CC(C#N)C1.Cc1cccc(O/C(=C/C=N)c2[nH]cc(C=O)c2C)c1F. The molecule has 0 saturated carbocycles. The summed E-state index contributed by atoms with van der Waals surface area (Å²) in [7, 11) is 2.02. The first-order valence-electron chi connectivity index (χ1n) is 8.76. The predicted molar refractivity (Wildman–Crippen MR) is 106 cm³/mol. The van der Waals surface area contributed by atoms with Crippen molar-refractivity contribution in [3.8, 4) is 11.8 Å². The largest absolute Gasteiger partial charge is 0.452 e. The van der Waals surface area contributed by atoms with Gasteiger partial charge in [0, 0.05) is 37.1 Å². The summed E-state index contributed by atoms with van der Waals surface area (Å²) >= 11 is 0. The summed E-state index contributed by atoms with van der Waals surface area (Å²) < 4.78 is 19.6. The van der Waals surface area contributed by atoms with Crippen LogP contribution in [0.2, 0.25) is 0 Å². The smallest absolute Gasteiger partial charge is 0.168 e. The molecule has 0 spiro atoms. The highest BCUT2D eigenvalue weighted by Crippen LogP contribution is 2.27. The second-order valence-electron chi connectivity index (χ2n) is 6.60. The topological polar surface area (TPSA) is 93.0 Å². The third-order valence-electron chi connectivity index (χ3n) is 4.41. The van der Waals surface area contributed by atoms with Gasteiger partial charge < -0.3 is 20.0 Å². The van der Waals surface area contributed by atoms with Crippen LogP contribution in [0, 0.1) is 42.3 Å². The van der Waals surface area contributed by atoms with Gasteiger partial charge in [-0.2, -0.15) is 5.26 Å². The van der Waals surface area contributed by atoms with Crippen LogP contribution in [-0.2, 0) is 0 Å². The van der Waals surface area contributed by atoms with Gasteiger partial charge in [-0.1, -0.05) is 12.1 Å². The number of allylic oxidation sites excluding steroid dienone is 1. The lowest BCUT2D eigenvalue weighted by atomic mass is 10.0. The van der Waals surface area contributed by atoms with Gasteiger partial charge in [-0.25, -0.2) is 4.39 Å². The number of hydrogen-bond donors (Lipinski definition) is 2. The molecule has 0 radical (unpaired) electrons. The van der Waals surface area contributed by atoms with Crippen molar-refractivity contribution >= 4 is 18.3 Å². The highest BCUT2D eigenvalue weighted by molar-refractivity contribution is 5.85. The molecule has 7 heteroatoms. The Bertz CT molecular complexity index is 921. The fourth-order valence-corrected chi connectivity index (χ4v) is 2.73. The summed E-state index contributed by atoms with van der Waals surface area (Å²) in [5.74, 6) is 0.225. The fraction of sp³-hybridized carbons (Fsp3) is 0.286. The average Bonchev–Trinajstić information content (AvgIpc) is 3.03. The summed E-state index contributed by atoms with van der Waals surface area (Å²) in [6.07, 6.45) is 4.72. The number of aromatic amines is 1. The molecule has 1 aromatic carbocycles. The van der Waals surface area contributed by atoms with Crippen molar-refractivity contribution in [1.29, 1.82) is 10.7 Å². The first-order chi connectivity index (χ1) is 13.4. The van der Waals surface area contributed by atoms with Crippen molar-refractivity contribution in [2.75, 3.05) is 20.1 Å². The Morgan fingerprint density at radius 1 is 1.43 bits per heavy atom. The molecule has 1 fully saturated rings. The molecule has 28 heavy (non-hydrogen) atoms. The summed E-state index contributed by atoms with van der Waals surface area (Å²) in [6, 6.07) is 7.04. The number of nitrogens with zero attached hydrogens (tertiary/aromatic N) is 2. The zero-order valence-corrected chi connectivity index (χ0v) is 16.1. The number of aromatic nitrogens is 1. The van der Waals surface area contributed by atoms with E-state index in [0.717, 1.165) is 25.6 Å². The molecule has 1 aromatic heterocycles. The highest BCUT2D eigenvalue weighted by atomic mass is 19.1. The molecule has 1 saturated heterocycles. The van der Waals surface area contributed by atoms with Crippen LogP contribution in [0.15, 0.2) is 30.5 Å². The molecular formula is C21H23FN4O2. The first-order valence-corrected chi connectivity index (χ1v) is 8.76. The quantitative estimate of drug-likeness (QED) is 0.468. The third-order valence-corrected chi connectivity index (χ3v) is 4.41. The van der Waals surface area contributed by atoms with E-state index in [4.69, 9.17) is 15.4 Å². The van der Waals surface area contributed by atoms with E-state index in [0.29, 0.717) is 28.3 Å². The van der Waals surface area contributed by atoms with Gasteiger partial charge in [0.1, 0.15) is 0 Å². The van der Waals surface area contributed by atoms with Crippen molar-refractivity contribution in [3.05, 3.63) is 58.7 Å². The van der Waals surface area contributed by atoms with Crippen LogP contribution < -0.4 is 4.74 Å². The Morgan fingerprint density at radius 3 is 2.64 bits per heavy atom. The molecule has 0 atom stereocenters. The number of carbonyl (C=O) groups is 1. The number of carbonyl (C=O) groups excluding carboxylic acids is 1. The van der Waals surface area contributed by atoms with E-state index in [9.17, 15) is 9.18 Å². The molecule has 0 aliphatic carbocycles. The van der Waals surface area contributed by atoms with Crippen LogP contribution >= 0.6 is 0 Å². The number of hydrogen-bond acceptors (Lipinski definition) is 5. The zero-order chi connectivity index (χ0) is 20.7. The van der Waals surface area contributed by atoms with Crippen LogP contribution in [0.25, 0.3) is 5.76 Å². The predicted octanol–water partition coefficient (Wildman–Crippen LogP) is 3.72. The molecule has 0 unspecified atom stereocenters. The number of ether oxygens (including phenoxy) is 1. The highest BCUT2D eigenvalue weighted by Gasteiger charge is 2.21. The normalized spacial score (nSPS) is 14.3. The van der Waals surface area contributed by atoms with Crippen molar-refractivity contribution < 1.29 is 13.9 Å². The molecule has 3 rings (SSSR count). The fourth-order valence-electron chi connectivity index (χ4n) is 2.73. The molecule has 2 heterocycles. The molecular weight excluding hydrogens is 359 g/mol. The van der Waals surface area contributed by atoms with Gasteiger partial charge in [0.2, 0.25) is 0 Å². The number of aldehydes is 1. The lowest BCUT2D eigenvalue weighted by molar-refractivity contribution is 0.112. The molecule has 0 amide bonds. The minimum Gasteiger partial charge on any atom is -0.452 e. The maximum Gasteiger partial charge on any atom is 0.168 e. The van der Waals surface area contributed by atoms with Crippen LogP contribution in [0.5, 0.6) is 5.75 Å². The lowest BCUT2D eigenvalue weighted by Crippen LogP contribution is -2.42. The Morgan fingerprint density at radius 2 is 2.14 bits per heavy atom. The number of H-pyrrole nitrogens is 1. The van der Waals surface area contributed by atoms with Gasteiger partial charge in [0.05, 0.1) is 17.7 Å². The van der Waals surface area contributed by atoms with Crippen LogP contribution in [0.4, 0.5) is 4.39 Å². The maximum atomic E-state index is 14.0. The lowest BCUT2D eigenvalue weighted by Gasteiger charge is -2.30. The van der Waals surface area contributed by atoms with Crippen molar-refractivity contribution in [1.82, 2.24) is 9.88 Å². The minimum atomic E-state index is -0.451. The number of rotatable bonds is 5. The number of aryl methyl sites for hydroxylation is 1. The summed E-state index contributed by atoms with van der Waals surface area (Å²) in [5.41, 5.74) is 2.19. The van der Waals surface area contributed by atoms with Crippen LogP contribution in [0.1, 0.15) is 27.2 Å². The Kier molecular flexibility index (Phi) is 7.24. The first kappa shape index (κ1) is 21.1. The molecule has 1 aliphatic rings. The third kappa shape index (κ3) is 4.93. The van der Waals surface area contributed by atoms with Gasteiger partial charge in [-0.3, -0.25) is 4.79 Å². The molecule has 2 N–H and O–H groups in total. The Labute approximate surface area is 163 Å². The molecule has 6 nitrogen and oxygen atoms in total. The Hall–Kier alpha value is -3.24. The molecule has 2 aromatic rings. The van der Waals surface area contributed by atoms with E-state index < -0.39 is 5.82 Å². The summed E-state index contributed by atoms with van der Waals surface area (Å²) in [5, 5.41) is 15.4. The molecule has 1 aliphatic heterocycles. The molecule has 146 valence electrons. The maximum absolute atomic E-state index is 14.0. The van der Waals surface area contributed by atoms with Crippen LogP contribution in [-0.4, -0.2) is 42.5 Å². The molecule has 0 bridgehead atoms. The Balaban J connectivity index is 0.000000336. The van der Waals surface area contributed by atoms with E-state index in [2.05, 4.69) is 16.0 Å². The number of halogens is 1. The average molecular weight is 382 g/mol. The zero-order valence-electron chi connectivity index (χ0n) is 16.1. The van der Waals surface area contributed by atoms with E-state index in [1.54, 1.807) is 32.2 Å². The van der Waals surface area contributed by atoms with Crippen LogP contribution in [0.3, 0.4) is 0 Å². The number of benzene rings is 1. The number of likely N-dealkylation sites (tertiary alicyclic amines) is 1. The van der Waals surface area contributed by atoms with Gasteiger partial charge in [0.25, 0.3) is 0 Å². The second-order valence-corrected chi connectivity index (χ2v) is 6.60. The van der Waals surface area contributed by atoms with Crippen molar-refractivity contribution in [2.24, 2.45) is 5.92 Å². The number of nitriles is 1. The van der Waals surface area contributed by atoms with Gasteiger partial charge in [-0.05, 0) is 38.1 Å². The number of nitrogens with one attached hydrogen (secondary N) is 2. The minimum absolute atomic E-state index is 0.0738. The second kappa shape index (κ2) is 9.62. The van der Waals surface area contributed by atoms with Gasteiger partial charge >= 0.3 is 0 Å². The van der Waals surface area contributed by atoms with Gasteiger partial charge in [-0.15, -0.1) is 0 Å². The van der Waals surface area contributed by atoms with E-state index >= 15 is 0 Å². The van der Waals surface area contributed by atoms with Crippen molar-refractivity contribution in [2.45, 2.75) is 13.8 Å². The van der Waals surface area contributed by atoms with Crippen molar-refractivity contribution in [3.63, 3.8) is 0 Å². The summed E-state index contributed by atoms with van der Waals surface area (Å²) in [4.78, 5) is 15.9. The van der Waals surface area contributed by atoms with E-state index in [1.807, 2.05) is 7.05 Å². The van der Waals surface area contributed by atoms with E-state index in [1.165, 1.54) is 12.1 Å².